The summed E-state index contributed by atoms with van der Waals surface area (Å²) in [6, 6.07) is 6.42. The predicted octanol–water partition coefficient (Wildman–Crippen LogP) is 2.21. The number of phenols is 1. The first-order valence-electron chi connectivity index (χ1n) is 9.85. The van der Waals surface area contributed by atoms with Gasteiger partial charge in [-0.15, -0.1) is 0 Å². The highest BCUT2D eigenvalue weighted by Crippen LogP contribution is 2.54. The molecule has 4 aliphatic rings. The van der Waals surface area contributed by atoms with E-state index in [0.29, 0.717) is 16.7 Å². The number of fused-ring (bicyclic) bond motifs is 3. The fourth-order valence-electron chi connectivity index (χ4n) is 5.41. The van der Waals surface area contributed by atoms with Gasteiger partial charge in [0.25, 0.3) is 11.8 Å². The average molecular weight is 405 g/mol. The first-order valence-corrected chi connectivity index (χ1v) is 9.85. The zero-order valence-electron chi connectivity index (χ0n) is 16.2. The molecule has 1 heterocycles. The molecule has 7 nitrogen and oxygen atoms in total. The van der Waals surface area contributed by atoms with E-state index in [1.54, 1.807) is 19.1 Å². The van der Waals surface area contributed by atoms with Gasteiger partial charge in [0, 0.05) is 22.6 Å². The van der Waals surface area contributed by atoms with E-state index in [2.05, 4.69) is 0 Å². The summed E-state index contributed by atoms with van der Waals surface area (Å²) in [7, 11) is 0. The molecule has 2 amide bonds. The van der Waals surface area contributed by atoms with Crippen molar-refractivity contribution in [1.29, 1.82) is 0 Å². The van der Waals surface area contributed by atoms with Crippen molar-refractivity contribution in [2.75, 3.05) is 0 Å². The maximum Gasteiger partial charge on any atom is 0.257 e. The van der Waals surface area contributed by atoms with Crippen LogP contribution in [0.25, 0.3) is 0 Å². The molecule has 1 fully saturated rings. The van der Waals surface area contributed by atoms with Crippen LogP contribution >= 0.6 is 0 Å². The fraction of sp³-hybridized carbons (Fsp3) is 0.304. The van der Waals surface area contributed by atoms with Gasteiger partial charge in [-0.2, -0.15) is 5.06 Å². The largest absolute Gasteiger partial charge is 0.508 e. The van der Waals surface area contributed by atoms with Gasteiger partial charge < -0.3 is 5.11 Å². The Labute approximate surface area is 171 Å². The van der Waals surface area contributed by atoms with Crippen molar-refractivity contribution in [3.63, 3.8) is 0 Å². The first-order chi connectivity index (χ1) is 14.3. The van der Waals surface area contributed by atoms with Gasteiger partial charge in [-0.05, 0) is 49.5 Å². The van der Waals surface area contributed by atoms with E-state index in [0.717, 1.165) is 11.1 Å². The van der Waals surface area contributed by atoms with Crippen molar-refractivity contribution < 1.29 is 29.5 Å². The average Bonchev–Trinajstić information content (AvgIpc) is 2.95. The Morgan fingerprint density at radius 2 is 1.70 bits per heavy atom. The normalized spacial score (nSPS) is 30.7. The molecule has 2 N–H and O–H groups in total. The molecule has 1 saturated heterocycles. The first kappa shape index (κ1) is 18.7. The summed E-state index contributed by atoms with van der Waals surface area (Å²) < 4.78 is 0. The van der Waals surface area contributed by atoms with Crippen molar-refractivity contribution in [3.05, 3.63) is 64.3 Å². The predicted molar refractivity (Wildman–Crippen MR) is 103 cm³/mol. The number of carbonyl (C=O) groups is 4. The minimum Gasteiger partial charge on any atom is -0.508 e. The number of hydroxylamine groups is 2. The molecule has 4 atom stereocenters. The minimum atomic E-state index is -0.759. The standard InChI is InChI=1S/C23H19NO6/c1-10-8-17(26)20-16(21(10)27)9-15-13(18(20)11-2-4-12(25)5-3-11)6-7-14-19(15)23(29)24(30)22(14)28/h2-6,8,14-15,18-19,25,30H,7,9H2,1H3. The molecule has 4 unspecified atom stereocenters. The molecule has 0 bridgehead atoms. The van der Waals surface area contributed by atoms with Crippen molar-refractivity contribution in [2.24, 2.45) is 17.8 Å². The molecular formula is C23H19NO6. The molecule has 0 saturated carbocycles. The van der Waals surface area contributed by atoms with Crippen molar-refractivity contribution in [1.82, 2.24) is 5.06 Å². The third-order valence-electron chi connectivity index (χ3n) is 6.77. The fourth-order valence-corrected chi connectivity index (χ4v) is 5.41. The second kappa shape index (κ2) is 6.34. The van der Waals surface area contributed by atoms with Crippen LogP contribution in [-0.4, -0.2) is 38.8 Å². The van der Waals surface area contributed by atoms with Gasteiger partial charge >= 0.3 is 0 Å². The Hall–Kier alpha value is -3.32. The van der Waals surface area contributed by atoms with Gasteiger partial charge in [0.1, 0.15) is 5.75 Å². The van der Waals surface area contributed by atoms with E-state index in [9.17, 15) is 29.5 Å². The maximum atomic E-state index is 13.0. The van der Waals surface area contributed by atoms with Crippen LogP contribution in [0, 0.1) is 17.8 Å². The summed E-state index contributed by atoms with van der Waals surface area (Å²) in [6.45, 7) is 1.59. The molecule has 5 rings (SSSR count). The lowest BCUT2D eigenvalue weighted by molar-refractivity contribution is -0.173. The van der Waals surface area contributed by atoms with Gasteiger partial charge in [0.2, 0.25) is 0 Å². The summed E-state index contributed by atoms with van der Waals surface area (Å²) in [4.78, 5) is 50.9. The highest BCUT2D eigenvalue weighted by atomic mass is 16.5. The van der Waals surface area contributed by atoms with Crippen molar-refractivity contribution >= 4 is 23.4 Å². The molecule has 1 aliphatic heterocycles. The summed E-state index contributed by atoms with van der Waals surface area (Å²) in [5.74, 6) is -4.09. The Kier molecular flexibility index (Phi) is 3.95. The van der Waals surface area contributed by atoms with Gasteiger partial charge in [-0.25, -0.2) is 0 Å². The number of nitrogens with zero attached hydrogens (tertiary/aromatic N) is 1. The zero-order chi connectivity index (χ0) is 21.3. The second-order valence-electron chi connectivity index (χ2n) is 8.31. The molecule has 1 aromatic rings. The molecule has 30 heavy (non-hydrogen) atoms. The van der Waals surface area contributed by atoms with Crippen molar-refractivity contribution in [2.45, 2.75) is 25.7 Å². The third-order valence-corrected chi connectivity index (χ3v) is 6.77. The van der Waals surface area contributed by atoms with Crippen LogP contribution in [0.15, 0.2) is 58.7 Å². The smallest absolute Gasteiger partial charge is 0.257 e. The number of allylic oxidation sites excluding steroid dienone is 6. The van der Waals surface area contributed by atoms with Crippen LogP contribution in [0.1, 0.15) is 31.2 Å². The van der Waals surface area contributed by atoms with E-state index in [1.807, 2.05) is 6.08 Å². The van der Waals surface area contributed by atoms with Crippen LogP contribution in [-0.2, 0) is 19.2 Å². The number of phenolic OH excluding ortho intramolecular Hbond substituents is 1. The molecule has 0 radical (unpaired) electrons. The number of hydrogen-bond acceptors (Lipinski definition) is 6. The van der Waals surface area contributed by atoms with Gasteiger partial charge in [-0.1, -0.05) is 23.8 Å². The number of amides is 2. The Bertz CT molecular complexity index is 1120. The second-order valence-corrected chi connectivity index (χ2v) is 8.31. The van der Waals surface area contributed by atoms with Crippen molar-refractivity contribution in [3.8, 4) is 5.75 Å². The molecular weight excluding hydrogens is 386 g/mol. The van der Waals surface area contributed by atoms with Crippen LogP contribution in [0.5, 0.6) is 5.75 Å². The highest BCUT2D eigenvalue weighted by Gasteiger charge is 2.56. The quantitative estimate of drug-likeness (QED) is 0.321. The lowest BCUT2D eigenvalue weighted by Crippen LogP contribution is -2.39. The number of rotatable bonds is 1. The van der Waals surface area contributed by atoms with Crippen LogP contribution in [0.4, 0.5) is 0 Å². The Balaban J connectivity index is 1.71. The maximum absolute atomic E-state index is 13.0. The lowest BCUT2D eigenvalue weighted by atomic mass is 9.59. The SMILES string of the molecule is CC1=CC(=O)C2=C(CC3C(=CCC4C(=O)N(O)C(=O)C43)C2c2ccc(O)cc2)C1=O. The molecule has 3 aliphatic carbocycles. The van der Waals surface area contributed by atoms with Crippen LogP contribution in [0.2, 0.25) is 0 Å². The Morgan fingerprint density at radius 3 is 2.40 bits per heavy atom. The lowest BCUT2D eigenvalue weighted by Gasteiger charge is -2.42. The molecule has 1 aromatic carbocycles. The summed E-state index contributed by atoms with van der Waals surface area (Å²) in [6.07, 6.45) is 3.69. The van der Waals surface area contributed by atoms with Crippen LogP contribution in [0.3, 0.4) is 0 Å². The van der Waals surface area contributed by atoms with E-state index < -0.39 is 35.5 Å². The number of carbonyl (C=O) groups excluding carboxylic acids is 4. The number of Topliss-reactive ketones (excluding diaryl/α,β-unsaturated/α-hetero) is 1. The van der Waals surface area contributed by atoms with Gasteiger partial charge in [0.05, 0.1) is 11.8 Å². The summed E-state index contributed by atoms with van der Waals surface area (Å²) >= 11 is 0. The monoisotopic (exact) mass is 405 g/mol. The molecule has 0 spiro atoms. The van der Waals surface area contributed by atoms with E-state index in [4.69, 9.17) is 0 Å². The molecule has 0 aromatic heterocycles. The van der Waals surface area contributed by atoms with Gasteiger partial charge in [-0.3, -0.25) is 24.4 Å². The molecule has 152 valence electrons. The van der Waals surface area contributed by atoms with Crippen LogP contribution < -0.4 is 0 Å². The number of benzene rings is 1. The topological polar surface area (TPSA) is 112 Å². The molecule has 7 heteroatoms. The number of hydrogen-bond donors (Lipinski definition) is 2. The third kappa shape index (κ3) is 2.42. The number of ketones is 2. The van der Waals surface area contributed by atoms with Gasteiger partial charge in [0.15, 0.2) is 11.6 Å². The highest BCUT2D eigenvalue weighted by molar-refractivity contribution is 6.23. The number of imide groups is 1. The Morgan fingerprint density at radius 1 is 1.00 bits per heavy atom. The van der Waals surface area contributed by atoms with E-state index in [1.165, 1.54) is 18.2 Å². The van der Waals surface area contributed by atoms with E-state index >= 15 is 0 Å². The zero-order valence-corrected chi connectivity index (χ0v) is 16.2. The summed E-state index contributed by atoms with van der Waals surface area (Å²) in [5, 5.41) is 19.8. The minimum absolute atomic E-state index is 0.0762. The number of aromatic hydroxyl groups is 1. The van der Waals surface area contributed by atoms with E-state index in [-0.39, 0.29) is 35.2 Å². The summed E-state index contributed by atoms with van der Waals surface area (Å²) in [5.41, 5.74) is 2.65.